The Labute approximate surface area is 233 Å². The largest absolute Gasteiger partial charge is 0.508 e. The van der Waals surface area contributed by atoms with E-state index in [1.165, 1.54) is 12.1 Å². The number of ether oxygens (including phenoxy) is 1. The number of aliphatic hydroxyl groups excluding tert-OH is 3. The molecule has 39 heavy (non-hydrogen) atoms. The van der Waals surface area contributed by atoms with Crippen LogP contribution < -0.4 is 0 Å². The fraction of sp³-hybridized carbons (Fsp3) is 0.424. The van der Waals surface area contributed by atoms with Crippen molar-refractivity contribution in [2.45, 2.75) is 77.8 Å². The zero-order chi connectivity index (χ0) is 28.8. The van der Waals surface area contributed by atoms with Crippen LogP contribution >= 0.6 is 0 Å². The summed E-state index contributed by atoms with van der Waals surface area (Å²) in [6.07, 6.45) is 17.5. The molecule has 2 unspecified atom stereocenters. The van der Waals surface area contributed by atoms with Gasteiger partial charge in [0.2, 0.25) is 0 Å². The number of carbonyl (C=O) groups is 1. The van der Waals surface area contributed by atoms with Crippen molar-refractivity contribution >= 4 is 5.97 Å². The van der Waals surface area contributed by atoms with Crippen molar-refractivity contribution in [3.63, 3.8) is 0 Å². The average Bonchev–Trinajstić information content (AvgIpc) is 2.91. The first kappa shape index (κ1) is 32.0. The Morgan fingerprint density at radius 1 is 1.00 bits per heavy atom. The molecular formula is C33H44O6. The van der Waals surface area contributed by atoms with Crippen LogP contribution in [0.3, 0.4) is 0 Å². The number of hydrogen-bond acceptors (Lipinski definition) is 6. The van der Waals surface area contributed by atoms with Crippen molar-refractivity contribution in [1.82, 2.24) is 0 Å². The van der Waals surface area contributed by atoms with Gasteiger partial charge in [-0.25, -0.2) is 4.79 Å². The summed E-state index contributed by atoms with van der Waals surface area (Å²) in [7, 11) is 0. The van der Waals surface area contributed by atoms with Gasteiger partial charge in [-0.2, -0.15) is 0 Å². The Hall–Kier alpha value is -3.19. The van der Waals surface area contributed by atoms with Crippen LogP contribution in [-0.4, -0.2) is 44.7 Å². The summed E-state index contributed by atoms with van der Waals surface area (Å²) in [4.78, 5) is 12.8. The van der Waals surface area contributed by atoms with Crippen molar-refractivity contribution in [2.75, 3.05) is 0 Å². The zero-order valence-corrected chi connectivity index (χ0v) is 23.5. The third-order valence-electron chi connectivity index (χ3n) is 6.97. The van der Waals surface area contributed by atoms with E-state index in [0.29, 0.717) is 24.0 Å². The quantitative estimate of drug-likeness (QED) is 0.343. The molecule has 4 N–H and O–H groups in total. The summed E-state index contributed by atoms with van der Waals surface area (Å²) in [5.74, 6) is -0.784. The van der Waals surface area contributed by atoms with E-state index in [4.69, 9.17) is 4.74 Å². The second kappa shape index (κ2) is 16.7. The van der Waals surface area contributed by atoms with Crippen molar-refractivity contribution in [3.8, 4) is 5.75 Å². The Bertz CT molecular complexity index is 1090. The Balaban J connectivity index is 2.21. The van der Waals surface area contributed by atoms with Gasteiger partial charge >= 0.3 is 5.97 Å². The van der Waals surface area contributed by atoms with Crippen LogP contribution in [-0.2, 0) is 9.53 Å². The zero-order valence-electron chi connectivity index (χ0n) is 23.5. The summed E-state index contributed by atoms with van der Waals surface area (Å²) in [5.41, 5.74) is 1.82. The fourth-order valence-electron chi connectivity index (χ4n) is 4.16. The van der Waals surface area contributed by atoms with Crippen LogP contribution in [0, 0.1) is 11.8 Å². The Morgan fingerprint density at radius 2 is 1.72 bits per heavy atom. The summed E-state index contributed by atoms with van der Waals surface area (Å²) < 4.78 is 5.83. The summed E-state index contributed by atoms with van der Waals surface area (Å²) in [6, 6.07) is 6.34. The first-order valence-corrected chi connectivity index (χ1v) is 13.6. The molecule has 6 nitrogen and oxygen atoms in total. The molecule has 212 valence electrons. The number of hydrogen-bond donors (Lipinski definition) is 4. The lowest BCUT2D eigenvalue weighted by atomic mass is 9.88. The minimum Gasteiger partial charge on any atom is -0.508 e. The minimum atomic E-state index is -0.989. The second-order valence-electron chi connectivity index (χ2n) is 10.4. The van der Waals surface area contributed by atoms with Crippen molar-refractivity contribution in [1.29, 1.82) is 0 Å². The van der Waals surface area contributed by atoms with Crippen LogP contribution in [0.15, 0.2) is 96.2 Å². The number of carbonyl (C=O) groups excluding carboxylic acids is 1. The topological polar surface area (TPSA) is 107 Å². The normalized spacial score (nSPS) is 30.2. The summed E-state index contributed by atoms with van der Waals surface area (Å²) in [5, 5.41) is 41.9. The molecule has 0 fully saturated rings. The van der Waals surface area contributed by atoms with Crippen molar-refractivity contribution < 1.29 is 30.0 Å². The monoisotopic (exact) mass is 536 g/mol. The molecule has 1 aliphatic rings. The van der Waals surface area contributed by atoms with E-state index < -0.39 is 36.3 Å². The van der Waals surface area contributed by atoms with E-state index in [0.717, 1.165) is 12.0 Å². The molecule has 0 radical (unpaired) electrons. The Kier molecular flexibility index (Phi) is 13.7. The highest BCUT2D eigenvalue weighted by Gasteiger charge is 2.28. The van der Waals surface area contributed by atoms with Crippen LogP contribution in [0.5, 0.6) is 5.75 Å². The highest BCUT2D eigenvalue weighted by atomic mass is 16.5. The van der Waals surface area contributed by atoms with Gasteiger partial charge in [-0.15, -0.1) is 0 Å². The number of allylic oxidation sites excluding steroid dienone is 9. The predicted molar refractivity (Wildman–Crippen MR) is 156 cm³/mol. The highest BCUT2D eigenvalue weighted by molar-refractivity contribution is 5.88. The lowest BCUT2D eigenvalue weighted by Gasteiger charge is -2.28. The minimum absolute atomic E-state index is 0.0436. The van der Waals surface area contributed by atoms with Gasteiger partial charge in [-0.05, 0) is 62.3 Å². The maximum Gasteiger partial charge on any atom is 0.333 e. The molecule has 2 rings (SSSR count). The predicted octanol–water partition coefficient (Wildman–Crippen LogP) is 6.02. The number of rotatable bonds is 5. The van der Waals surface area contributed by atoms with Gasteiger partial charge in [-0.3, -0.25) is 0 Å². The smallest absolute Gasteiger partial charge is 0.333 e. The number of benzene rings is 1. The Morgan fingerprint density at radius 3 is 2.46 bits per heavy atom. The SMILES string of the molecule is C/C1=C/C=C/C=C/C=C/C[C@H](O)/C(C)=C/C=C/[C@H](C)CCC(CC(O)[C@H](C)[C@@H](O)c2cccc(O)c2)OC1=O. The number of aliphatic hydroxyl groups is 3. The standard InChI is InChI=1S/C33H44O6/c1-23-13-11-15-24(2)30(35)18-10-8-6-5-7-9-14-25(3)33(38)39-29(20-19-23)22-31(36)26(4)32(37)27-16-12-17-28(34)21-27/h5-17,21,23,26,29-32,34-37H,18-20,22H2,1-4H3/b6-5+,9-7+,10-8+,13-11+,24-15+,25-14-/t23-,26-,29?,30-,31?,32+/m0/s1. The number of cyclic esters (lactones) is 1. The van der Waals surface area contributed by atoms with Crippen LogP contribution in [0.1, 0.15) is 65.0 Å². The third-order valence-corrected chi connectivity index (χ3v) is 6.97. The molecule has 6 heteroatoms. The van der Waals surface area contributed by atoms with Crippen LogP contribution in [0.2, 0.25) is 0 Å². The van der Waals surface area contributed by atoms with Crippen molar-refractivity contribution in [3.05, 3.63) is 102 Å². The fourth-order valence-corrected chi connectivity index (χ4v) is 4.16. The lowest BCUT2D eigenvalue weighted by molar-refractivity contribution is -0.146. The van der Waals surface area contributed by atoms with Gasteiger partial charge in [0, 0.05) is 17.9 Å². The molecule has 0 bridgehead atoms. The molecule has 0 saturated heterocycles. The number of esters is 1. The van der Waals surface area contributed by atoms with Gasteiger partial charge in [0.05, 0.1) is 18.3 Å². The first-order chi connectivity index (χ1) is 18.6. The molecule has 0 spiro atoms. The second-order valence-corrected chi connectivity index (χ2v) is 10.4. The van der Waals surface area contributed by atoms with Crippen molar-refractivity contribution in [2.24, 2.45) is 11.8 Å². The molecule has 0 amide bonds. The van der Waals surface area contributed by atoms with E-state index in [1.807, 2.05) is 49.5 Å². The number of phenols is 1. The van der Waals surface area contributed by atoms with E-state index >= 15 is 0 Å². The number of phenolic OH excluding ortho intramolecular Hbond substituents is 1. The third kappa shape index (κ3) is 11.6. The maximum absolute atomic E-state index is 12.8. The van der Waals surface area contributed by atoms with E-state index in [1.54, 1.807) is 44.2 Å². The molecule has 0 aliphatic carbocycles. The van der Waals surface area contributed by atoms with E-state index in [-0.39, 0.29) is 18.1 Å². The highest BCUT2D eigenvalue weighted by Crippen LogP contribution is 2.29. The van der Waals surface area contributed by atoms with Gasteiger partial charge < -0.3 is 25.2 Å². The van der Waals surface area contributed by atoms with Crippen LogP contribution in [0.25, 0.3) is 0 Å². The van der Waals surface area contributed by atoms with Crippen LogP contribution in [0.4, 0.5) is 0 Å². The number of aromatic hydroxyl groups is 1. The maximum atomic E-state index is 12.8. The molecule has 1 aromatic carbocycles. The lowest BCUT2D eigenvalue weighted by Crippen LogP contribution is -2.31. The van der Waals surface area contributed by atoms with Gasteiger partial charge in [0.1, 0.15) is 11.9 Å². The molecule has 6 atom stereocenters. The average molecular weight is 537 g/mol. The van der Waals surface area contributed by atoms with Gasteiger partial charge in [0.25, 0.3) is 0 Å². The molecule has 1 aliphatic heterocycles. The molecule has 1 aromatic rings. The molecule has 0 saturated carbocycles. The van der Waals surface area contributed by atoms with E-state index in [2.05, 4.69) is 6.92 Å². The van der Waals surface area contributed by atoms with Gasteiger partial charge in [0.15, 0.2) is 0 Å². The molecule has 0 aromatic heterocycles. The van der Waals surface area contributed by atoms with E-state index in [9.17, 15) is 25.2 Å². The van der Waals surface area contributed by atoms with Gasteiger partial charge in [-0.1, -0.05) is 86.7 Å². The molecular weight excluding hydrogens is 492 g/mol. The first-order valence-electron chi connectivity index (χ1n) is 13.6. The molecule has 1 heterocycles. The summed E-state index contributed by atoms with van der Waals surface area (Å²) >= 11 is 0. The summed E-state index contributed by atoms with van der Waals surface area (Å²) in [6.45, 7) is 7.39.